The highest BCUT2D eigenvalue weighted by Crippen LogP contribution is 2.35. The highest BCUT2D eigenvalue weighted by atomic mass is 32.2. The van der Waals surface area contributed by atoms with E-state index in [0.717, 1.165) is 5.56 Å². The van der Waals surface area contributed by atoms with Crippen molar-refractivity contribution < 1.29 is 28.7 Å². The van der Waals surface area contributed by atoms with E-state index in [1.165, 1.54) is 46.3 Å². The molecule has 9 heteroatoms. The number of methoxy groups -OCH3 is 4. The number of ketones is 1. The number of carbonyl (C=O) groups is 1. The van der Waals surface area contributed by atoms with Gasteiger partial charge in [-0.2, -0.15) is 0 Å². The SMILES string of the molecule is COc1cc(OC)c(C(=O)CSCc2ccc(OC)c([N+](=O)[O-])c2)c(OC)c1. The third-order valence-electron chi connectivity index (χ3n) is 3.94. The van der Waals surface area contributed by atoms with Gasteiger partial charge in [-0.25, -0.2) is 0 Å². The average Bonchev–Trinajstić information content (AvgIpc) is 2.72. The van der Waals surface area contributed by atoms with E-state index in [2.05, 4.69) is 0 Å². The van der Waals surface area contributed by atoms with Crippen molar-refractivity contribution in [2.75, 3.05) is 34.2 Å². The number of hydrogen-bond acceptors (Lipinski definition) is 8. The minimum Gasteiger partial charge on any atom is -0.496 e. The summed E-state index contributed by atoms with van der Waals surface area (Å²) in [6, 6.07) is 7.97. The lowest BCUT2D eigenvalue weighted by molar-refractivity contribution is -0.385. The van der Waals surface area contributed by atoms with Gasteiger partial charge in [-0.1, -0.05) is 6.07 Å². The number of Topliss-reactive ketones (excluding diaryl/α,β-unsaturated/α-hetero) is 1. The molecule has 0 atom stereocenters. The van der Waals surface area contributed by atoms with Gasteiger partial charge in [-0.3, -0.25) is 14.9 Å². The number of rotatable bonds is 10. The molecule has 0 saturated heterocycles. The maximum absolute atomic E-state index is 12.7. The van der Waals surface area contributed by atoms with Crippen molar-refractivity contribution in [3.05, 3.63) is 51.6 Å². The van der Waals surface area contributed by atoms with Crippen LogP contribution in [0.3, 0.4) is 0 Å². The van der Waals surface area contributed by atoms with Crippen LogP contribution in [0.25, 0.3) is 0 Å². The van der Waals surface area contributed by atoms with Crippen molar-refractivity contribution in [1.82, 2.24) is 0 Å². The van der Waals surface area contributed by atoms with Gasteiger partial charge >= 0.3 is 5.69 Å². The van der Waals surface area contributed by atoms with Crippen LogP contribution in [-0.2, 0) is 5.75 Å². The van der Waals surface area contributed by atoms with Gasteiger partial charge in [-0.05, 0) is 11.6 Å². The molecule has 0 aliphatic carbocycles. The Kier molecular flexibility index (Phi) is 7.51. The highest BCUT2D eigenvalue weighted by molar-refractivity contribution is 7.99. The van der Waals surface area contributed by atoms with Gasteiger partial charge in [0, 0.05) is 24.0 Å². The van der Waals surface area contributed by atoms with Crippen LogP contribution in [0.2, 0.25) is 0 Å². The van der Waals surface area contributed by atoms with E-state index >= 15 is 0 Å². The Bertz CT molecular complexity index is 844. The lowest BCUT2D eigenvalue weighted by Crippen LogP contribution is -2.08. The van der Waals surface area contributed by atoms with Gasteiger partial charge in [0.25, 0.3) is 0 Å². The first-order valence-corrected chi connectivity index (χ1v) is 9.32. The normalized spacial score (nSPS) is 10.3. The van der Waals surface area contributed by atoms with Gasteiger partial charge in [0.2, 0.25) is 0 Å². The number of ether oxygens (including phenoxy) is 4. The molecule has 2 aromatic rings. The maximum Gasteiger partial charge on any atom is 0.311 e. The molecule has 2 aromatic carbocycles. The van der Waals surface area contributed by atoms with E-state index in [9.17, 15) is 14.9 Å². The van der Waals surface area contributed by atoms with Gasteiger partial charge in [0.05, 0.1) is 39.1 Å². The molecular formula is C19H21NO7S. The Morgan fingerprint density at radius 3 is 2.07 bits per heavy atom. The van der Waals surface area contributed by atoms with Crippen LogP contribution in [0.15, 0.2) is 30.3 Å². The minimum atomic E-state index is -0.495. The van der Waals surface area contributed by atoms with Crippen LogP contribution in [0.5, 0.6) is 23.0 Å². The zero-order valence-electron chi connectivity index (χ0n) is 16.0. The molecule has 0 unspecified atom stereocenters. The Labute approximate surface area is 166 Å². The molecule has 0 saturated carbocycles. The van der Waals surface area contributed by atoms with Crippen LogP contribution < -0.4 is 18.9 Å². The molecule has 0 aliphatic rings. The third kappa shape index (κ3) is 4.86. The predicted octanol–water partition coefficient (Wildman–Crippen LogP) is 3.75. The van der Waals surface area contributed by atoms with Crippen LogP contribution in [0, 0.1) is 10.1 Å². The first-order valence-electron chi connectivity index (χ1n) is 8.17. The number of thioether (sulfide) groups is 1. The summed E-state index contributed by atoms with van der Waals surface area (Å²) in [6.45, 7) is 0. The molecule has 0 aromatic heterocycles. The number of nitrogens with zero attached hydrogens (tertiary/aromatic N) is 1. The van der Waals surface area contributed by atoms with Crippen LogP contribution in [-0.4, -0.2) is 44.9 Å². The van der Waals surface area contributed by atoms with Crippen LogP contribution >= 0.6 is 11.8 Å². The van der Waals surface area contributed by atoms with Crippen molar-refractivity contribution >= 4 is 23.2 Å². The molecule has 2 rings (SSSR count). The zero-order chi connectivity index (χ0) is 20.7. The Balaban J connectivity index is 2.13. The molecule has 0 amide bonds. The number of nitro benzene ring substituents is 1. The standard InChI is InChI=1S/C19H21NO7S/c1-24-13-8-17(26-3)19(18(9-13)27-4)15(21)11-28-10-12-5-6-16(25-2)14(7-12)20(22)23/h5-9H,10-11H2,1-4H3. The van der Waals surface area contributed by atoms with Gasteiger partial charge in [0.1, 0.15) is 22.8 Å². The fourth-order valence-corrected chi connectivity index (χ4v) is 3.43. The Hall–Kier alpha value is -2.94. The second-order valence-corrected chi connectivity index (χ2v) is 6.57. The summed E-state index contributed by atoms with van der Waals surface area (Å²) in [6.07, 6.45) is 0. The van der Waals surface area contributed by atoms with E-state index in [0.29, 0.717) is 28.6 Å². The minimum absolute atomic E-state index is 0.106. The predicted molar refractivity (Wildman–Crippen MR) is 106 cm³/mol. The summed E-state index contributed by atoms with van der Waals surface area (Å²) in [4.78, 5) is 23.3. The Morgan fingerprint density at radius 2 is 1.57 bits per heavy atom. The molecule has 0 N–H and O–H groups in total. The summed E-state index contributed by atoms with van der Waals surface area (Å²) < 4.78 is 20.8. The Morgan fingerprint density at radius 1 is 0.964 bits per heavy atom. The van der Waals surface area contributed by atoms with Gasteiger partial charge in [0.15, 0.2) is 11.5 Å². The molecule has 0 spiro atoms. The molecule has 8 nitrogen and oxygen atoms in total. The zero-order valence-corrected chi connectivity index (χ0v) is 16.8. The van der Waals surface area contributed by atoms with E-state index in [4.69, 9.17) is 18.9 Å². The largest absolute Gasteiger partial charge is 0.496 e. The summed E-state index contributed by atoms with van der Waals surface area (Å²) in [5.41, 5.74) is 0.948. The van der Waals surface area contributed by atoms with E-state index in [-0.39, 0.29) is 23.0 Å². The highest BCUT2D eigenvalue weighted by Gasteiger charge is 2.21. The average molecular weight is 407 g/mol. The van der Waals surface area contributed by atoms with Crippen LogP contribution in [0.4, 0.5) is 5.69 Å². The van der Waals surface area contributed by atoms with Gasteiger partial charge < -0.3 is 18.9 Å². The van der Waals surface area contributed by atoms with E-state index in [1.807, 2.05) is 0 Å². The summed E-state index contributed by atoms with van der Waals surface area (Å²) in [5, 5.41) is 11.1. The lowest BCUT2D eigenvalue weighted by Gasteiger charge is -2.14. The van der Waals surface area contributed by atoms with Crippen molar-refractivity contribution in [2.45, 2.75) is 5.75 Å². The molecule has 0 radical (unpaired) electrons. The second kappa shape index (κ2) is 9.84. The van der Waals surface area contributed by atoms with Gasteiger partial charge in [-0.15, -0.1) is 11.8 Å². The fourth-order valence-electron chi connectivity index (χ4n) is 2.58. The summed E-state index contributed by atoms with van der Waals surface area (Å²) in [7, 11) is 5.83. The monoisotopic (exact) mass is 407 g/mol. The molecule has 0 bridgehead atoms. The van der Waals surface area contributed by atoms with E-state index in [1.54, 1.807) is 24.3 Å². The quantitative estimate of drug-likeness (QED) is 0.334. The van der Waals surface area contributed by atoms with Crippen molar-refractivity contribution in [3.8, 4) is 23.0 Å². The number of nitro groups is 1. The molecule has 0 aliphatic heterocycles. The van der Waals surface area contributed by atoms with Crippen molar-refractivity contribution in [3.63, 3.8) is 0 Å². The smallest absolute Gasteiger partial charge is 0.311 e. The number of carbonyl (C=O) groups excluding carboxylic acids is 1. The molecule has 28 heavy (non-hydrogen) atoms. The lowest BCUT2D eigenvalue weighted by atomic mass is 10.1. The molecule has 0 heterocycles. The fraction of sp³-hybridized carbons (Fsp3) is 0.316. The molecular weight excluding hydrogens is 386 g/mol. The number of benzene rings is 2. The molecule has 0 fully saturated rings. The topological polar surface area (TPSA) is 97.1 Å². The summed E-state index contributed by atoms with van der Waals surface area (Å²) >= 11 is 1.34. The van der Waals surface area contributed by atoms with Crippen LogP contribution in [0.1, 0.15) is 15.9 Å². The molecule has 150 valence electrons. The second-order valence-electron chi connectivity index (χ2n) is 5.59. The van der Waals surface area contributed by atoms with Crippen molar-refractivity contribution in [1.29, 1.82) is 0 Å². The first kappa shape index (κ1) is 21.4. The summed E-state index contributed by atoms with van der Waals surface area (Å²) in [5.74, 6) is 1.84. The third-order valence-corrected chi connectivity index (χ3v) is 4.94. The van der Waals surface area contributed by atoms with E-state index < -0.39 is 4.92 Å². The van der Waals surface area contributed by atoms with Crippen molar-refractivity contribution in [2.24, 2.45) is 0 Å². The number of hydrogen-bond donors (Lipinski definition) is 0. The maximum atomic E-state index is 12.7. The first-order chi connectivity index (χ1) is 13.4.